The highest BCUT2D eigenvalue weighted by atomic mass is 32.2. The molecule has 1 fully saturated rings. The van der Waals surface area contributed by atoms with Gasteiger partial charge >= 0.3 is 11.9 Å². The first kappa shape index (κ1) is 18.4. The minimum absolute atomic E-state index is 0.0527. The van der Waals surface area contributed by atoms with Crippen molar-refractivity contribution in [2.75, 3.05) is 19.5 Å². The molecule has 1 aromatic rings. The molecule has 0 radical (unpaired) electrons. The average Bonchev–Trinajstić information content (AvgIpc) is 3.20. The van der Waals surface area contributed by atoms with Crippen molar-refractivity contribution in [3.63, 3.8) is 0 Å². The third kappa shape index (κ3) is 2.92. The molecule has 7 heteroatoms. The molecule has 24 heavy (non-hydrogen) atoms. The lowest BCUT2D eigenvalue weighted by molar-refractivity contribution is -0.164. The van der Waals surface area contributed by atoms with Crippen molar-refractivity contribution in [3.8, 4) is 0 Å². The summed E-state index contributed by atoms with van der Waals surface area (Å²) in [6.07, 6.45) is 1.03. The second kappa shape index (κ2) is 6.55. The largest absolute Gasteiger partial charge is 0.465 e. The Morgan fingerprint density at radius 3 is 1.88 bits per heavy atom. The van der Waals surface area contributed by atoms with Crippen LogP contribution in [0.2, 0.25) is 0 Å². The van der Waals surface area contributed by atoms with Gasteiger partial charge < -0.3 is 9.47 Å². The normalized spacial score (nSPS) is 21.8. The third-order valence-corrected chi connectivity index (χ3v) is 5.82. The van der Waals surface area contributed by atoms with E-state index >= 15 is 0 Å². The molecule has 0 spiro atoms. The van der Waals surface area contributed by atoms with Gasteiger partial charge in [0.2, 0.25) is 0 Å². The van der Waals surface area contributed by atoms with Gasteiger partial charge in [-0.15, -0.1) is 0 Å². The molecule has 0 heterocycles. The molecule has 0 amide bonds. The van der Waals surface area contributed by atoms with Gasteiger partial charge in [0.25, 0.3) is 0 Å². The molecule has 2 rings (SSSR count). The van der Waals surface area contributed by atoms with Crippen LogP contribution in [0, 0.1) is 12.3 Å². The second-order valence-corrected chi connectivity index (χ2v) is 8.12. The van der Waals surface area contributed by atoms with Crippen molar-refractivity contribution in [2.24, 2.45) is 5.41 Å². The lowest BCUT2D eigenvalue weighted by atomic mass is 9.98. The Labute approximate surface area is 142 Å². The molecular formula is C17H22O6S. The van der Waals surface area contributed by atoms with Crippen LogP contribution in [0.4, 0.5) is 0 Å². The molecule has 0 bridgehead atoms. The Morgan fingerprint density at radius 1 is 1.04 bits per heavy atom. The first-order valence-electron chi connectivity index (χ1n) is 7.81. The van der Waals surface area contributed by atoms with Crippen LogP contribution in [0.1, 0.15) is 30.9 Å². The number of hydrogen-bond donors (Lipinski definition) is 0. The number of aryl methyl sites for hydroxylation is 1. The Morgan fingerprint density at radius 2 is 1.50 bits per heavy atom. The zero-order valence-electron chi connectivity index (χ0n) is 14.2. The number of ether oxygens (including phenoxy) is 2. The number of sulfone groups is 1. The van der Waals surface area contributed by atoms with E-state index in [2.05, 4.69) is 0 Å². The summed E-state index contributed by atoms with van der Waals surface area (Å²) in [5.41, 5.74) is -0.222. The molecule has 1 aromatic carbocycles. The predicted molar refractivity (Wildman–Crippen MR) is 88.3 cm³/mol. The van der Waals surface area contributed by atoms with Crippen LogP contribution in [0.15, 0.2) is 24.3 Å². The maximum absolute atomic E-state index is 12.6. The van der Waals surface area contributed by atoms with Gasteiger partial charge in [0.05, 0.1) is 18.5 Å². The van der Waals surface area contributed by atoms with Gasteiger partial charge in [-0.05, 0) is 26.3 Å². The highest BCUT2D eigenvalue weighted by molar-refractivity contribution is 7.91. The quantitative estimate of drug-likeness (QED) is 0.570. The number of carbonyl (C=O) groups is 2. The van der Waals surface area contributed by atoms with Gasteiger partial charge in [0.1, 0.15) is 0 Å². The van der Waals surface area contributed by atoms with Crippen LogP contribution in [0.25, 0.3) is 0 Å². The van der Waals surface area contributed by atoms with Gasteiger partial charge in [-0.2, -0.15) is 0 Å². The first-order valence-corrected chi connectivity index (χ1v) is 9.76. The molecule has 0 aliphatic heterocycles. The maximum atomic E-state index is 12.6. The van der Waals surface area contributed by atoms with Crippen LogP contribution in [0.3, 0.4) is 0 Å². The fourth-order valence-electron chi connectivity index (χ4n) is 3.22. The van der Waals surface area contributed by atoms with Crippen LogP contribution >= 0.6 is 0 Å². The predicted octanol–water partition coefficient (Wildman–Crippen LogP) is 1.62. The van der Waals surface area contributed by atoms with Gasteiger partial charge in [-0.1, -0.05) is 29.8 Å². The molecule has 0 N–H and O–H groups in total. The van der Waals surface area contributed by atoms with Crippen LogP contribution in [-0.4, -0.2) is 45.1 Å². The molecule has 6 nitrogen and oxygen atoms in total. The molecule has 0 saturated heterocycles. The van der Waals surface area contributed by atoms with E-state index in [-0.39, 0.29) is 13.2 Å². The Balaban J connectivity index is 2.58. The second-order valence-electron chi connectivity index (χ2n) is 5.95. The summed E-state index contributed by atoms with van der Waals surface area (Å²) in [6, 6.07) is 7.10. The number of benzene rings is 1. The van der Waals surface area contributed by atoms with Crippen molar-refractivity contribution in [3.05, 3.63) is 35.4 Å². The fourth-order valence-corrected chi connectivity index (χ4v) is 5.03. The van der Waals surface area contributed by atoms with Crippen molar-refractivity contribution in [1.82, 2.24) is 0 Å². The number of carbonyl (C=O) groups excluding carboxylic acids is 2. The van der Waals surface area contributed by atoms with Gasteiger partial charge in [-0.3, -0.25) is 9.59 Å². The van der Waals surface area contributed by atoms with Crippen molar-refractivity contribution >= 4 is 21.8 Å². The highest BCUT2D eigenvalue weighted by Gasteiger charge is 2.80. The van der Waals surface area contributed by atoms with E-state index in [1.54, 1.807) is 26.0 Å². The summed E-state index contributed by atoms with van der Waals surface area (Å²) in [5.74, 6) is -2.49. The number of esters is 2. The summed E-state index contributed by atoms with van der Waals surface area (Å²) >= 11 is 0. The zero-order valence-corrected chi connectivity index (χ0v) is 15.1. The van der Waals surface area contributed by atoms with E-state index < -0.39 is 38.4 Å². The van der Waals surface area contributed by atoms with Gasteiger partial charge in [0.15, 0.2) is 15.3 Å². The fraction of sp³-hybridized carbons (Fsp3) is 0.529. The van der Waals surface area contributed by atoms with Crippen LogP contribution < -0.4 is 0 Å². The summed E-state index contributed by atoms with van der Waals surface area (Å²) in [7, 11) is -3.67. The van der Waals surface area contributed by atoms with E-state index in [1.165, 1.54) is 0 Å². The van der Waals surface area contributed by atoms with E-state index in [0.717, 1.165) is 11.8 Å². The van der Waals surface area contributed by atoms with Crippen LogP contribution in [-0.2, 0) is 28.9 Å². The summed E-state index contributed by atoms with van der Waals surface area (Å²) < 4.78 is 34.6. The van der Waals surface area contributed by atoms with Gasteiger partial charge in [-0.25, -0.2) is 8.42 Å². The minimum Gasteiger partial charge on any atom is -0.465 e. The third-order valence-electron chi connectivity index (χ3n) is 4.26. The molecule has 1 aliphatic carbocycles. The average molecular weight is 354 g/mol. The Hall–Kier alpha value is -1.89. The molecule has 2 atom stereocenters. The van der Waals surface area contributed by atoms with Crippen molar-refractivity contribution < 1.29 is 27.5 Å². The van der Waals surface area contributed by atoms with Gasteiger partial charge in [0, 0.05) is 12.2 Å². The standard InChI is InChI=1S/C17H22O6S/c1-5-22-15(18)17(16(19)23-6-2)13(14(17)24(4,20)21)12-9-7-11(3)8-10-12/h7-10,13-14H,5-6H2,1-4H3/t13-,14-/m0/s1. The molecule has 132 valence electrons. The van der Waals surface area contributed by atoms with Crippen LogP contribution in [0.5, 0.6) is 0 Å². The van der Waals surface area contributed by atoms with Crippen molar-refractivity contribution in [2.45, 2.75) is 31.9 Å². The topological polar surface area (TPSA) is 86.7 Å². The smallest absolute Gasteiger partial charge is 0.325 e. The molecule has 1 aliphatic rings. The van der Waals surface area contributed by atoms with E-state index in [1.807, 2.05) is 19.1 Å². The van der Waals surface area contributed by atoms with E-state index in [0.29, 0.717) is 5.56 Å². The van der Waals surface area contributed by atoms with E-state index in [9.17, 15) is 18.0 Å². The number of hydrogen-bond acceptors (Lipinski definition) is 6. The highest BCUT2D eigenvalue weighted by Crippen LogP contribution is 2.64. The van der Waals surface area contributed by atoms with Crippen molar-refractivity contribution in [1.29, 1.82) is 0 Å². The first-order chi connectivity index (χ1) is 11.2. The zero-order chi connectivity index (χ0) is 18.1. The Bertz CT molecular complexity index is 717. The molecular weight excluding hydrogens is 332 g/mol. The summed E-state index contributed by atoms with van der Waals surface area (Å²) in [5, 5.41) is -1.18. The van der Waals surface area contributed by atoms with E-state index in [4.69, 9.17) is 9.47 Å². The minimum atomic E-state index is -3.67. The molecule has 1 saturated carbocycles. The lowest BCUT2D eigenvalue weighted by Crippen LogP contribution is -2.35. The molecule has 0 aromatic heterocycles. The Kier molecular flexibility index (Phi) is 5.03. The lowest BCUT2D eigenvalue weighted by Gasteiger charge is -2.15. The maximum Gasteiger partial charge on any atom is 0.325 e. The summed E-state index contributed by atoms with van der Waals surface area (Å²) in [6.45, 7) is 5.22. The SMILES string of the molecule is CCOC(=O)C1(C(=O)OCC)[C@@H](c2ccc(C)cc2)[C@@H]1S(C)(=O)=O. The summed E-state index contributed by atoms with van der Waals surface area (Å²) in [4.78, 5) is 25.1. The number of rotatable bonds is 6. The monoisotopic (exact) mass is 354 g/mol. The molecule has 0 unspecified atom stereocenters.